The molecule has 0 radical (unpaired) electrons. The van der Waals surface area contributed by atoms with E-state index >= 15 is 0 Å². The first-order valence-corrected chi connectivity index (χ1v) is 3.53. The molecular weight excluding hydrogens is 146 g/mol. The fraction of sp³-hybridized carbons (Fsp3) is 0.500. The third-order valence-electron chi connectivity index (χ3n) is 0.907. The monoisotopic (exact) mass is 159 g/mol. The van der Waals surface area contributed by atoms with Gasteiger partial charge in [-0.1, -0.05) is 19.1 Å². The number of nitrogens with one attached hydrogen (secondary N) is 1. The van der Waals surface area contributed by atoms with Crippen LogP contribution in [0.4, 0.5) is 0 Å². The molecule has 0 unspecified atom stereocenters. The highest BCUT2D eigenvalue weighted by molar-refractivity contribution is 7.80. The highest BCUT2D eigenvalue weighted by atomic mass is 32.1. The number of hydrogen-bond acceptors (Lipinski definition) is 3. The van der Waals surface area contributed by atoms with Crippen molar-refractivity contribution in [3.05, 3.63) is 11.8 Å². The maximum atomic E-state index is 5.49. The van der Waals surface area contributed by atoms with E-state index in [2.05, 4.69) is 17.5 Å². The molecule has 0 spiro atoms. The average molecular weight is 159 g/mol. The molecule has 0 aliphatic heterocycles. The zero-order valence-electron chi connectivity index (χ0n) is 6.05. The molecule has 0 saturated carbocycles. The Morgan fingerprint density at radius 3 is 2.60 bits per heavy atom. The summed E-state index contributed by atoms with van der Waals surface area (Å²) >= 11 is 4.62. The Hall–Kier alpha value is -0.610. The van der Waals surface area contributed by atoms with Crippen molar-refractivity contribution in [3.8, 4) is 0 Å². The van der Waals surface area contributed by atoms with E-state index in [9.17, 15) is 0 Å². The van der Waals surface area contributed by atoms with Gasteiger partial charge in [-0.15, -0.1) is 0 Å². The summed E-state index contributed by atoms with van der Waals surface area (Å²) in [6.45, 7) is 3.55. The molecule has 0 atom stereocenters. The van der Waals surface area contributed by atoms with E-state index < -0.39 is 0 Å². The number of likely N-dealkylation sites (N-methyl/N-ethyl adjacent to an activating group) is 1. The Balaban J connectivity index is 3.60. The molecule has 0 heterocycles. The van der Waals surface area contributed by atoms with Crippen LogP contribution in [0.3, 0.4) is 0 Å². The SMILES string of the molecule is CCNCC(N)=CC(N)=S. The molecule has 0 aliphatic carbocycles. The van der Waals surface area contributed by atoms with Gasteiger partial charge in [-0.25, -0.2) is 0 Å². The van der Waals surface area contributed by atoms with Gasteiger partial charge in [0.15, 0.2) is 0 Å². The molecule has 0 bridgehead atoms. The number of hydrogen-bond donors (Lipinski definition) is 3. The summed E-state index contributed by atoms with van der Waals surface area (Å²) in [7, 11) is 0. The highest BCUT2D eigenvalue weighted by Crippen LogP contribution is 1.80. The predicted molar refractivity (Wildman–Crippen MR) is 47.6 cm³/mol. The highest BCUT2D eigenvalue weighted by Gasteiger charge is 1.88. The summed E-state index contributed by atoms with van der Waals surface area (Å²) < 4.78 is 0. The Kier molecular flexibility index (Phi) is 4.88. The van der Waals surface area contributed by atoms with E-state index in [1.54, 1.807) is 6.08 Å². The normalized spacial score (nSPS) is 11.5. The van der Waals surface area contributed by atoms with E-state index in [0.717, 1.165) is 6.54 Å². The molecule has 0 saturated heterocycles. The fourth-order valence-electron chi connectivity index (χ4n) is 0.503. The Morgan fingerprint density at radius 1 is 1.60 bits per heavy atom. The number of nitrogens with two attached hydrogens (primary N) is 2. The van der Waals surface area contributed by atoms with Crippen LogP contribution in [-0.2, 0) is 0 Å². The Labute approximate surface area is 66.5 Å². The molecule has 0 rings (SSSR count). The first-order valence-electron chi connectivity index (χ1n) is 3.13. The summed E-state index contributed by atoms with van der Waals surface area (Å²) in [6.07, 6.45) is 1.58. The molecule has 0 aliphatic rings. The first kappa shape index (κ1) is 9.39. The first-order chi connectivity index (χ1) is 4.66. The fourth-order valence-corrected chi connectivity index (χ4v) is 0.654. The summed E-state index contributed by atoms with van der Waals surface area (Å²) in [6, 6.07) is 0. The molecule has 5 N–H and O–H groups in total. The van der Waals surface area contributed by atoms with Crippen LogP contribution in [0, 0.1) is 0 Å². The second-order valence-corrected chi connectivity index (χ2v) is 2.37. The van der Waals surface area contributed by atoms with Gasteiger partial charge in [0.05, 0.1) is 4.99 Å². The zero-order chi connectivity index (χ0) is 7.98. The largest absolute Gasteiger partial charge is 0.401 e. The van der Waals surface area contributed by atoms with Crippen molar-refractivity contribution in [1.29, 1.82) is 0 Å². The zero-order valence-corrected chi connectivity index (χ0v) is 6.87. The number of rotatable bonds is 4. The maximum Gasteiger partial charge on any atom is 0.0979 e. The van der Waals surface area contributed by atoms with Gasteiger partial charge in [0.25, 0.3) is 0 Å². The van der Waals surface area contributed by atoms with Crippen LogP contribution in [0.15, 0.2) is 11.8 Å². The van der Waals surface area contributed by atoms with E-state index in [1.807, 2.05) is 6.92 Å². The lowest BCUT2D eigenvalue weighted by Gasteiger charge is -1.99. The van der Waals surface area contributed by atoms with E-state index in [-0.39, 0.29) is 0 Å². The Morgan fingerprint density at radius 2 is 2.20 bits per heavy atom. The van der Waals surface area contributed by atoms with Gasteiger partial charge in [0, 0.05) is 12.2 Å². The van der Waals surface area contributed by atoms with E-state index in [1.165, 1.54) is 0 Å². The lowest BCUT2D eigenvalue weighted by molar-refractivity contribution is 0.771. The molecule has 4 heteroatoms. The smallest absolute Gasteiger partial charge is 0.0979 e. The van der Waals surface area contributed by atoms with Crippen LogP contribution in [0.1, 0.15) is 6.92 Å². The topological polar surface area (TPSA) is 64.1 Å². The minimum Gasteiger partial charge on any atom is -0.401 e. The third-order valence-corrected chi connectivity index (χ3v) is 1.02. The second-order valence-electron chi connectivity index (χ2n) is 1.90. The molecular formula is C6H13N3S. The summed E-state index contributed by atoms with van der Waals surface area (Å²) in [4.78, 5) is 0.329. The summed E-state index contributed by atoms with van der Waals surface area (Å²) in [5, 5.41) is 3.04. The molecule has 3 nitrogen and oxygen atoms in total. The number of thiocarbonyl (C=S) groups is 1. The molecule has 0 aromatic heterocycles. The van der Waals surface area contributed by atoms with Gasteiger partial charge in [0.1, 0.15) is 0 Å². The van der Waals surface area contributed by atoms with Crippen molar-refractivity contribution in [1.82, 2.24) is 5.32 Å². The van der Waals surface area contributed by atoms with Gasteiger partial charge >= 0.3 is 0 Å². The van der Waals surface area contributed by atoms with Crippen molar-refractivity contribution in [2.45, 2.75) is 6.92 Å². The maximum absolute atomic E-state index is 5.49. The quantitative estimate of drug-likeness (QED) is 0.390. The van der Waals surface area contributed by atoms with Crippen molar-refractivity contribution >= 4 is 17.2 Å². The Bertz CT molecular complexity index is 142. The minimum absolute atomic E-state index is 0.329. The van der Waals surface area contributed by atoms with Crippen LogP contribution in [-0.4, -0.2) is 18.1 Å². The van der Waals surface area contributed by atoms with Crippen molar-refractivity contribution in [3.63, 3.8) is 0 Å². The molecule has 0 aromatic carbocycles. The van der Waals surface area contributed by atoms with Crippen LogP contribution in [0.5, 0.6) is 0 Å². The van der Waals surface area contributed by atoms with E-state index in [0.29, 0.717) is 17.2 Å². The van der Waals surface area contributed by atoms with Crippen molar-refractivity contribution in [2.75, 3.05) is 13.1 Å². The minimum atomic E-state index is 0.329. The van der Waals surface area contributed by atoms with Gasteiger partial charge < -0.3 is 16.8 Å². The van der Waals surface area contributed by atoms with Crippen LogP contribution in [0.2, 0.25) is 0 Å². The van der Waals surface area contributed by atoms with Gasteiger partial charge in [-0.05, 0) is 12.6 Å². The van der Waals surface area contributed by atoms with Crippen LogP contribution < -0.4 is 16.8 Å². The molecule has 58 valence electrons. The van der Waals surface area contributed by atoms with Gasteiger partial charge in [-0.3, -0.25) is 0 Å². The van der Waals surface area contributed by atoms with E-state index in [4.69, 9.17) is 11.5 Å². The average Bonchev–Trinajstić information content (AvgIpc) is 1.82. The standard InChI is InChI=1S/C6H13N3S/c1-2-9-4-5(7)3-6(8)10/h3,9H,2,4,7H2,1H3,(H2,8,10). The molecule has 10 heavy (non-hydrogen) atoms. The van der Waals surface area contributed by atoms with Gasteiger partial charge in [-0.2, -0.15) is 0 Å². The van der Waals surface area contributed by atoms with Crippen molar-refractivity contribution < 1.29 is 0 Å². The van der Waals surface area contributed by atoms with Crippen LogP contribution in [0.25, 0.3) is 0 Å². The predicted octanol–water partition coefficient (Wildman–Crippen LogP) is -0.275. The summed E-state index contributed by atoms with van der Waals surface area (Å²) in [5.74, 6) is 0. The molecule has 0 amide bonds. The lowest BCUT2D eigenvalue weighted by atomic mass is 10.4. The second kappa shape index (κ2) is 5.20. The third kappa shape index (κ3) is 5.53. The van der Waals surface area contributed by atoms with Crippen molar-refractivity contribution in [2.24, 2.45) is 11.5 Å². The lowest BCUT2D eigenvalue weighted by Crippen LogP contribution is -2.21. The summed E-state index contributed by atoms with van der Waals surface area (Å²) in [5.41, 5.74) is 11.4. The van der Waals surface area contributed by atoms with Crippen LogP contribution >= 0.6 is 12.2 Å². The van der Waals surface area contributed by atoms with Gasteiger partial charge in [0.2, 0.25) is 0 Å². The molecule has 0 fully saturated rings. The molecule has 0 aromatic rings.